The Morgan fingerprint density at radius 3 is 2.80 bits per heavy atom. The van der Waals surface area contributed by atoms with E-state index in [4.69, 9.17) is 4.74 Å². The fourth-order valence-electron chi connectivity index (χ4n) is 1.14. The van der Waals surface area contributed by atoms with Crippen molar-refractivity contribution in [2.75, 3.05) is 0 Å². The van der Waals surface area contributed by atoms with Crippen molar-refractivity contribution in [2.24, 2.45) is 0 Å². The van der Waals surface area contributed by atoms with Crippen LogP contribution in [0.4, 0.5) is 0 Å². The molecule has 0 N–H and O–H groups in total. The minimum Gasteiger partial charge on any atom is -0.454 e. The topological polar surface area (TPSA) is 35.0 Å². The minimum atomic E-state index is 0.737. The molecular formula is C11H9BrN2O. The lowest BCUT2D eigenvalue weighted by atomic mass is 10.3. The summed E-state index contributed by atoms with van der Waals surface area (Å²) in [5.41, 5.74) is 0.862. The predicted octanol–water partition coefficient (Wildman–Crippen LogP) is 3.34. The summed E-state index contributed by atoms with van der Waals surface area (Å²) in [7, 11) is 0. The third kappa shape index (κ3) is 2.33. The molecule has 0 aromatic carbocycles. The molecule has 2 heterocycles. The number of ether oxygens (including phenoxy) is 1. The minimum absolute atomic E-state index is 0.737. The van der Waals surface area contributed by atoms with Crippen molar-refractivity contribution >= 4 is 15.9 Å². The maximum absolute atomic E-state index is 5.69. The second-order valence-electron chi connectivity index (χ2n) is 3.00. The van der Waals surface area contributed by atoms with Crippen molar-refractivity contribution in [1.82, 2.24) is 9.97 Å². The highest BCUT2D eigenvalue weighted by Crippen LogP contribution is 2.29. The highest BCUT2D eigenvalue weighted by Gasteiger charge is 2.04. The first-order valence-corrected chi connectivity index (χ1v) is 5.25. The number of pyridine rings is 2. The maximum atomic E-state index is 5.69. The van der Waals surface area contributed by atoms with Crippen molar-refractivity contribution in [1.29, 1.82) is 0 Å². The van der Waals surface area contributed by atoms with Crippen molar-refractivity contribution < 1.29 is 4.74 Å². The van der Waals surface area contributed by atoms with Gasteiger partial charge >= 0.3 is 0 Å². The van der Waals surface area contributed by atoms with Crippen LogP contribution in [-0.4, -0.2) is 9.97 Å². The van der Waals surface area contributed by atoms with E-state index in [1.165, 1.54) is 0 Å². The summed E-state index contributed by atoms with van der Waals surface area (Å²) in [5.74, 6) is 1.49. The van der Waals surface area contributed by atoms with Gasteiger partial charge in [-0.05, 0) is 35.0 Å². The Hall–Kier alpha value is -1.42. The van der Waals surface area contributed by atoms with Crippen LogP contribution < -0.4 is 4.74 Å². The van der Waals surface area contributed by atoms with Gasteiger partial charge < -0.3 is 4.74 Å². The number of hydrogen-bond acceptors (Lipinski definition) is 3. The zero-order chi connectivity index (χ0) is 10.7. The highest BCUT2D eigenvalue weighted by molar-refractivity contribution is 9.10. The molecule has 0 radical (unpaired) electrons. The van der Waals surface area contributed by atoms with Gasteiger partial charge in [0, 0.05) is 24.7 Å². The lowest BCUT2D eigenvalue weighted by molar-refractivity contribution is 0.472. The molecule has 15 heavy (non-hydrogen) atoms. The van der Waals surface area contributed by atoms with Gasteiger partial charge in [-0.1, -0.05) is 0 Å². The molecule has 76 valence electrons. The molecule has 0 aliphatic rings. The van der Waals surface area contributed by atoms with Crippen molar-refractivity contribution in [3.63, 3.8) is 0 Å². The summed E-state index contributed by atoms with van der Waals surface area (Å²) < 4.78 is 6.52. The van der Waals surface area contributed by atoms with Gasteiger partial charge in [0.1, 0.15) is 11.5 Å². The molecule has 2 aromatic rings. The van der Waals surface area contributed by atoms with Crippen LogP contribution in [0.5, 0.6) is 11.5 Å². The third-order valence-electron chi connectivity index (χ3n) is 1.91. The Labute approximate surface area is 96.3 Å². The van der Waals surface area contributed by atoms with E-state index in [2.05, 4.69) is 25.9 Å². The zero-order valence-electron chi connectivity index (χ0n) is 8.14. The molecule has 0 fully saturated rings. The van der Waals surface area contributed by atoms with Crippen molar-refractivity contribution in [2.45, 2.75) is 6.92 Å². The Kier molecular flexibility index (Phi) is 2.97. The largest absolute Gasteiger partial charge is 0.454 e. The molecule has 2 aromatic heterocycles. The monoisotopic (exact) mass is 264 g/mol. The van der Waals surface area contributed by atoms with Crippen LogP contribution in [0.1, 0.15) is 5.69 Å². The van der Waals surface area contributed by atoms with Crippen LogP contribution >= 0.6 is 15.9 Å². The summed E-state index contributed by atoms with van der Waals surface area (Å²) in [4.78, 5) is 8.12. The van der Waals surface area contributed by atoms with Crippen molar-refractivity contribution in [3.05, 3.63) is 47.0 Å². The van der Waals surface area contributed by atoms with Crippen LogP contribution in [0.25, 0.3) is 0 Å². The highest BCUT2D eigenvalue weighted by atomic mass is 79.9. The van der Waals surface area contributed by atoms with Gasteiger partial charge in [-0.3, -0.25) is 9.97 Å². The van der Waals surface area contributed by atoms with Gasteiger partial charge in [-0.15, -0.1) is 0 Å². The van der Waals surface area contributed by atoms with E-state index in [0.29, 0.717) is 0 Å². The predicted molar refractivity (Wildman–Crippen MR) is 61.0 cm³/mol. The van der Waals surface area contributed by atoms with Crippen molar-refractivity contribution in [3.8, 4) is 11.5 Å². The van der Waals surface area contributed by atoms with E-state index in [1.807, 2.05) is 19.1 Å². The van der Waals surface area contributed by atoms with Crippen LogP contribution in [0.3, 0.4) is 0 Å². The molecule has 0 bridgehead atoms. The Balaban J connectivity index is 2.30. The smallest absolute Gasteiger partial charge is 0.148 e. The molecule has 0 amide bonds. The van der Waals surface area contributed by atoms with Crippen LogP contribution in [0, 0.1) is 6.92 Å². The van der Waals surface area contributed by atoms with Crippen LogP contribution in [-0.2, 0) is 0 Å². The third-order valence-corrected chi connectivity index (χ3v) is 2.51. The van der Waals surface area contributed by atoms with Gasteiger partial charge in [0.2, 0.25) is 0 Å². The Morgan fingerprint density at radius 2 is 2.07 bits per heavy atom. The van der Waals surface area contributed by atoms with Gasteiger partial charge in [-0.25, -0.2) is 0 Å². The zero-order valence-corrected chi connectivity index (χ0v) is 9.73. The van der Waals surface area contributed by atoms with E-state index >= 15 is 0 Å². The summed E-state index contributed by atoms with van der Waals surface area (Å²) in [5, 5.41) is 0. The van der Waals surface area contributed by atoms with E-state index in [-0.39, 0.29) is 0 Å². The van der Waals surface area contributed by atoms with E-state index < -0.39 is 0 Å². The quantitative estimate of drug-likeness (QED) is 0.835. The number of hydrogen-bond donors (Lipinski definition) is 0. The molecule has 4 heteroatoms. The van der Waals surface area contributed by atoms with E-state index in [0.717, 1.165) is 21.7 Å². The Bertz CT molecular complexity index is 430. The molecule has 3 nitrogen and oxygen atoms in total. The van der Waals surface area contributed by atoms with Crippen LogP contribution in [0.2, 0.25) is 0 Å². The normalized spacial score (nSPS) is 10.0. The molecule has 0 spiro atoms. The first-order chi connectivity index (χ1) is 7.27. The molecule has 0 saturated carbocycles. The average Bonchev–Trinajstić information content (AvgIpc) is 2.24. The second kappa shape index (κ2) is 4.40. The molecule has 0 aliphatic carbocycles. The standard InChI is InChI=1S/C11H9BrN2O/c1-8-10(3-2-5-14-8)15-11-4-6-13-7-9(11)12/h2-7H,1H3. The molecule has 2 rings (SSSR count). The first-order valence-electron chi connectivity index (χ1n) is 4.46. The fourth-order valence-corrected chi connectivity index (χ4v) is 1.47. The first kappa shape index (κ1) is 10.1. The van der Waals surface area contributed by atoms with Gasteiger partial charge in [0.15, 0.2) is 0 Å². The number of nitrogens with zero attached hydrogens (tertiary/aromatic N) is 2. The summed E-state index contributed by atoms with van der Waals surface area (Å²) in [6.45, 7) is 1.91. The molecule has 0 saturated heterocycles. The summed E-state index contributed by atoms with van der Waals surface area (Å²) in [6.07, 6.45) is 5.12. The second-order valence-corrected chi connectivity index (χ2v) is 3.85. The number of halogens is 1. The molecular weight excluding hydrogens is 256 g/mol. The fraction of sp³-hybridized carbons (Fsp3) is 0.0909. The SMILES string of the molecule is Cc1ncccc1Oc1ccncc1Br. The number of aromatic nitrogens is 2. The summed E-state index contributed by atoms with van der Waals surface area (Å²) >= 11 is 3.37. The summed E-state index contributed by atoms with van der Waals surface area (Å²) in [6, 6.07) is 5.53. The molecule has 0 atom stereocenters. The Morgan fingerprint density at radius 1 is 1.20 bits per heavy atom. The van der Waals surface area contributed by atoms with Gasteiger partial charge in [0.05, 0.1) is 10.2 Å². The van der Waals surface area contributed by atoms with Crippen LogP contribution in [0.15, 0.2) is 41.3 Å². The average molecular weight is 265 g/mol. The van der Waals surface area contributed by atoms with E-state index in [1.54, 1.807) is 24.7 Å². The maximum Gasteiger partial charge on any atom is 0.148 e. The number of aryl methyl sites for hydroxylation is 1. The van der Waals surface area contributed by atoms with E-state index in [9.17, 15) is 0 Å². The lowest BCUT2D eigenvalue weighted by Gasteiger charge is -2.08. The van der Waals surface area contributed by atoms with Gasteiger partial charge in [0.25, 0.3) is 0 Å². The molecule has 0 unspecified atom stereocenters. The lowest BCUT2D eigenvalue weighted by Crippen LogP contribution is -1.90. The van der Waals surface area contributed by atoms with Gasteiger partial charge in [-0.2, -0.15) is 0 Å². The number of rotatable bonds is 2. The molecule has 0 aliphatic heterocycles.